The van der Waals surface area contributed by atoms with Crippen LogP contribution in [0.15, 0.2) is 41.5 Å². The molecule has 0 aliphatic heterocycles. The van der Waals surface area contributed by atoms with E-state index in [-0.39, 0.29) is 12.3 Å². The number of aromatic nitrogens is 1. The first-order chi connectivity index (χ1) is 13.3. The van der Waals surface area contributed by atoms with Crippen molar-refractivity contribution in [2.75, 3.05) is 20.8 Å². The molecule has 0 fully saturated rings. The Bertz CT molecular complexity index is 810. The largest absolute Gasteiger partial charge is 0.484 e. The Hall–Kier alpha value is -2.97. The van der Waals surface area contributed by atoms with Crippen LogP contribution in [-0.2, 0) is 13.1 Å². The lowest BCUT2D eigenvalue weighted by Crippen LogP contribution is -2.36. The standard InChI is InChI=1S/C19H23F3N4O2/c1-13-6-7-14(16(9-13)28-12-19(20,21)22)10-25-18(23-2)26-11-15-5-4-8-24-17(15)27-3/h4-9H,10-12H2,1-3H3,(H2,23,25,26). The quantitative estimate of drug-likeness (QED) is 0.556. The molecule has 0 aliphatic carbocycles. The van der Waals surface area contributed by atoms with Crippen molar-refractivity contribution in [2.24, 2.45) is 4.99 Å². The lowest BCUT2D eigenvalue weighted by Gasteiger charge is -2.16. The van der Waals surface area contributed by atoms with E-state index in [1.807, 2.05) is 12.1 Å². The van der Waals surface area contributed by atoms with Crippen LogP contribution in [0.2, 0.25) is 0 Å². The minimum absolute atomic E-state index is 0.189. The fraction of sp³-hybridized carbons (Fsp3) is 0.368. The van der Waals surface area contributed by atoms with Gasteiger partial charge in [-0.3, -0.25) is 4.99 Å². The van der Waals surface area contributed by atoms with Crippen molar-refractivity contribution in [1.82, 2.24) is 15.6 Å². The van der Waals surface area contributed by atoms with Gasteiger partial charge in [0.15, 0.2) is 12.6 Å². The maximum absolute atomic E-state index is 12.5. The van der Waals surface area contributed by atoms with Crippen molar-refractivity contribution < 1.29 is 22.6 Å². The van der Waals surface area contributed by atoms with E-state index in [0.717, 1.165) is 11.1 Å². The lowest BCUT2D eigenvalue weighted by atomic mass is 10.1. The van der Waals surface area contributed by atoms with Crippen molar-refractivity contribution in [2.45, 2.75) is 26.2 Å². The highest BCUT2D eigenvalue weighted by Gasteiger charge is 2.28. The van der Waals surface area contributed by atoms with Crippen LogP contribution in [-0.4, -0.2) is 37.9 Å². The van der Waals surface area contributed by atoms with E-state index in [1.54, 1.807) is 45.5 Å². The van der Waals surface area contributed by atoms with Crippen LogP contribution in [0.5, 0.6) is 11.6 Å². The molecule has 0 unspecified atom stereocenters. The SMILES string of the molecule is CN=C(NCc1ccc(C)cc1OCC(F)(F)F)NCc1cccnc1OC. The fourth-order valence-corrected chi connectivity index (χ4v) is 2.42. The molecule has 9 heteroatoms. The van der Waals surface area contributed by atoms with Crippen LogP contribution >= 0.6 is 0 Å². The summed E-state index contributed by atoms with van der Waals surface area (Å²) in [7, 11) is 3.14. The molecule has 0 saturated carbocycles. The summed E-state index contributed by atoms with van der Waals surface area (Å²) in [6.07, 6.45) is -2.76. The van der Waals surface area contributed by atoms with Gasteiger partial charge < -0.3 is 20.1 Å². The number of guanidine groups is 1. The molecule has 152 valence electrons. The maximum Gasteiger partial charge on any atom is 0.422 e. The average Bonchev–Trinajstić information content (AvgIpc) is 2.67. The van der Waals surface area contributed by atoms with E-state index in [0.29, 0.717) is 23.9 Å². The van der Waals surface area contributed by atoms with Gasteiger partial charge in [-0.05, 0) is 24.6 Å². The molecule has 0 atom stereocenters. The van der Waals surface area contributed by atoms with Crippen molar-refractivity contribution >= 4 is 5.96 Å². The van der Waals surface area contributed by atoms with E-state index in [9.17, 15) is 13.2 Å². The van der Waals surface area contributed by atoms with Crippen molar-refractivity contribution in [3.05, 3.63) is 53.2 Å². The summed E-state index contributed by atoms with van der Waals surface area (Å²) in [6.45, 7) is 1.12. The molecule has 6 nitrogen and oxygen atoms in total. The number of nitrogens with zero attached hydrogens (tertiary/aromatic N) is 2. The van der Waals surface area contributed by atoms with Crippen LogP contribution < -0.4 is 20.1 Å². The summed E-state index contributed by atoms with van der Waals surface area (Å²) in [5, 5.41) is 6.18. The Labute approximate surface area is 161 Å². The third kappa shape index (κ3) is 6.64. The number of pyridine rings is 1. The first kappa shape index (κ1) is 21.3. The van der Waals surface area contributed by atoms with Gasteiger partial charge in [0.2, 0.25) is 5.88 Å². The third-order valence-corrected chi connectivity index (χ3v) is 3.77. The molecule has 0 amide bonds. The zero-order valence-electron chi connectivity index (χ0n) is 15.9. The van der Waals surface area contributed by atoms with Gasteiger partial charge in [0.05, 0.1) is 7.11 Å². The predicted molar refractivity (Wildman–Crippen MR) is 101 cm³/mol. The van der Waals surface area contributed by atoms with Crippen LogP contribution in [0.4, 0.5) is 13.2 Å². The topological polar surface area (TPSA) is 67.8 Å². The zero-order valence-corrected chi connectivity index (χ0v) is 15.9. The Kier molecular flexibility index (Phi) is 7.48. The molecule has 28 heavy (non-hydrogen) atoms. The monoisotopic (exact) mass is 396 g/mol. The van der Waals surface area contributed by atoms with Gasteiger partial charge >= 0.3 is 6.18 Å². The van der Waals surface area contributed by atoms with Gasteiger partial charge in [-0.1, -0.05) is 18.2 Å². The molecule has 2 aromatic rings. The number of hydrogen-bond acceptors (Lipinski definition) is 4. The van der Waals surface area contributed by atoms with Gasteiger partial charge in [-0.2, -0.15) is 13.2 Å². The average molecular weight is 396 g/mol. The Morgan fingerprint density at radius 3 is 2.50 bits per heavy atom. The second kappa shape index (κ2) is 9.82. The molecular formula is C19H23F3N4O2. The minimum Gasteiger partial charge on any atom is -0.484 e. The Morgan fingerprint density at radius 1 is 1.14 bits per heavy atom. The fourth-order valence-electron chi connectivity index (χ4n) is 2.42. The molecule has 0 saturated heterocycles. The van der Waals surface area contributed by atoms with E-state index in [4.69, 9.17) is 9.47 Å². The van der Waals surface area contributed by atoms with Crippen LogP contribution in [0.25, 0.3) is 0 Å². The van der Waals surface area contributed by atoms with E-state index < -0.39 is 12.8 Å². The van der Waals surface area contributed by atoms with Crippen LogP contribution in [0.1, 0.15) is 16.7 Å². The molecule has 0 bridgehead atoms. The first-order valence-electron chi connectivity index (χ1n) is 8.54. The molecule has 2 rings (SSSR count). The Morgan fingerprint density at radius 2 is 1.86 bits per heavy atom. The minimum atomic E-state index is -4.39. The van der Waals surface area contributed by atoms with Gasteiger partial charge in [-0.15, -0.1) is 0 Å². The Balaban J connectivity index is 1.99. The van der Waals surface area contributed by atoms with Crippen molar-refractivity contribution in [1.29, 1.82) is 0 Å². The summed E-state index contributed by atoms with van der Waals surface area (Å²) in [5.74, 6) is 1.18. The number of alkyl halides is 3. The second-order valence-electron chi connectivity index (χ2n) is 5.97. The number of aliphatic imine (C=N–C) groups is 1. The smallest absolute Gasteiger partial charge is 0.422 e. The third-order valence-electron chi connectivity index (χ3n) is 3.77. The number of methoxy groups -OCH3 is 1. The van der Waals surface area contributed by atoms with Gasteiger partial charge in [0, 0.05) is 37.5 Å². The molecule has 0 spiro atoms. The first-order valence-corrected chi connectivity index (χ1v) is 8.54. The molecule has 0 aliphatic rings. The lowest BCUT2D eigenvalue weighted by molar-refractivity contribution is -0.153. The summed E-state index contributed by atoms with van der Waals surface area (Å²) in [5.41, 5.74) is 2.25. The number of aryl methyl sites for hydroxylation is 1. The summed E-state index contributed by atoms with van der Waals surface area (Å²) in [4.78, 5) is 8.24. The maximum atomic E-state index is 12.5. The van der Waals surface area contributed by atoms with E-state index in [2.05, 4.69) is 20.6 Å². The molecule has 0 radical (unpaired) electrons. The van der Waals surface area contributed by atoms with E-state index >= 15 is 0 Å². The predicted octanol–water partition coefficient (Wildman–Crippen LogP) is 3.20. The molecule has 1 aromatic heterocycles. The summed E-state index contributed by atoms with van der Waals surface area (Å²) in [6, 6.07) is 8.79. The molecule has 1 aromatic carbocycles. The molecular weight excluding hydrogens is 373 g/mol. The highest BCUT2D eigenvalue weighted by atomic mass is 19.4. The van der Waals surface area contributed by atoms with Gasteiger partial charge in [0.25, 0.3) is 0 Å². The number of ether oxygens (including phenoxy) is 2. The number of halogens is 3. The van der Waals surface area contributed by atoms with Crippen LogP contribution in [0, 0.1) is 6.92 Å². The highest BCUT2D eigenvalue weighted by Crippen LogP contribution is 2.23. The van der Waals surface area contributed by atoms with Crippen molar-refractivity contribution in [3.8, 4) is 11.6 Å². The highest BCUT2D eigenvalue weighted by molar-refractivity contribution is 5.79. The van der Waals surface area contributed by atoms with Gasteiger partial charge in [0.1, 0.15) is 5.75 Å². The second-order valence-corrected chi connectivity index (χ2v) is 5.97. The normalized spacial score (nSPS) is 11.9. The number of nitrogens with one attached hydrogen (secondary N) is 2. The molecule has 1 heterocycles. The summed E-state index contributed by atoms with van der Waals surface area (Å²) >= 11 is 0. The molecule has 2 N–H and O–H groups in total. The van der Waals surface area contributed by atoms with E-state index in [1.165, 1.54) is 0 Å². The summed E-state index contributed by atoms with van der Waals surface area (Å²) < 4.78 is 47.6. The van der Waals surface area contributed by atoms with Crippen LogP contribution in [0.3, 0.4) is 0 Å². The number of hydrogen-bond donors (Lipinski definition) is 2. The van der Waals surface area contributed by atoms with Gasteiger partial charge in [-0.25, -0.2) is 4.98 Å². The van der Waals surface area contributed by atoms with Crippen molar-refractivity contribution in [3.63, 3.8) is 0 Å². The number of rotatable bonds is 7. The zero-order chi connectivity index (χ0) is 20.6. The number of benzene rings is 1.